The van der Waals surface area contributed by atoms with Crippen LogP contribution < -0.4 is 0 Å². The van der Waals surface area contributed by atoms with Gasteiger partial charge in [0.15, 0.2) is 0 Å². The van der Waals surface area contributed by atoms with Crippen molar-refractivity contribution in [3.05, 3.63) is 77.8 Å². The second kappa shape index (κ2) is 5.32. The van der Waals surface area contributed by atoms with Crippen LogP contribution in [0.25, 0.3) is 33.5 Å². The van der Waals surface area contributed by atoms with Crippen LogP contribution in [0.2, 0.25) is 5.02 Å². The van der Waals surface area contributed by atoms with Gasteiger partial charge in [-0.2, -0.15) is 0 Å². The van der Waals surface area contributed by atoms with Crippen molar-refractivity contribution in [1.29, 1.82) is 0 Å². The van der Waals surface area contributed by atoms with Gasteiger partial charge in [0.1, 0.15) is 5.82 Å². The van der Waals surface area contributed by atoms with E-state index < -0.39 is 0 Å². The summed E-state index contributed by atoms with van der Waals surface area (Å²) >= 11 is 5.98. The lowest BCUT2D eigenvalue weighted by Gasteiger charge is -2.02. The van der Waals surface area contributed by atoms with E-state index in [1.165, 1.54) is 0 Å². The molecule has 0 unspecified atom stereocenters. The average molecular weight is 305 g/mol. The molecule has 0 spiro atoms. The maximum absolute atomic E-state index is 5.98. The van der Waals surface area contributed by atoms with Crippen LogP contribution in [0.1, 0.15) is 0 Å². The molecule has 0 aliphatic carbocycles. The summed E-state index contributed by atoms with van der Waals surface area (Å²) in [6.07, 6.45) is 0. The lowest BCUT2D eigenvalue weighted by atomic mass is 10.0. The number of hydrogen-bond acceptors (Lipinski definition) is 1. The third-order valence-corrected chi connectivity index (χ3v) is 3.97. The standard InChI is InChI=1S/C19H13ClN2/c20-15-11-9-13(10-12-15)16-7-4-8-17-18(16)22-19(21-17)14-5-2-1-3-6-14/h1-12H,(H,21,22). The molecular formula is C19H13ClN2. The smallest absolute Gasteiger partial charge is 0.138 e. The third kappa shape index (κ3) is 2.28. The average Bonchev–Trinajstić information content (AvgIpc) is 3.01. The van der Waals surface area contributed by atoms with Crippen molar-refractivity contribution in [3.8, 4) is 22.5 Å². The first-order valence-corrected chi connectivity index (χ1v) is 7.49. The summed E-state index contributed by atoms with van der Waals surface area (Å²) in [5.41, 5.74) is 5.31. The number of rotatable bonds is 2. The van der Waals surface area contributed by atoms with E-state index in [-0.39, 0.29) is 0 Å². The number of para-hydroxylation sites is 1. The minimum Gasteiger partial charge on any atom is -0.338 e. The summed E-state index contributed by atoms with van der Waals surface area (Å²) in [6.45, 7) is 0. The van der Waals surface area contributed by atoms with Crippen molar-refractivity contribution >= 4 is 22.6 Å². The van der Waals surface area contributed by atoms with Gasteiger partial charge in [0.05, 0.1) is 11.0 Å². The van der Waals surface area contributed by atoms with E-state index in [0.717, 1.165) is 38.6 Å². The fourth-order valence-corrected chi connectivity index (χ4v) is 2.75. The van der Waals surface area contributed by atoms with Crippen molar-refractivity contribution in [1.82, 2.24) is 9.97 Å². The minimum absolute atomic E-state index is 0.739. The molecule has 3 heteroatoms. The van der Waals surface area contributed by atoms with Crippen LogP contribution in [0.4, 0.5) is 0 Å². The second-order valence-corrected chi connectivity index (χ2v) is 5.60. The maximum Gasteiger partial charge on any atom is 0.138 e. The highest BCUT2D eigenvalue weighted by Crippen LogP contribution is 2.30. The first-order chi connectivity index (χ1) is 10.8. The van der Waals surface area contributed by atoms with Crippen molar-refractivity contribution < 1.29 is 0 Å². The largest absolute Gasteiger partial charge is 0.338 e. The lowest BCUT2D eigenvalue weighted by Crippen LogP contribution is -1.81. The van der Waals surface area contributed by atoms with Gasteiger partial charge in [-0.15, -0.1) is 0 Å². The molecule has 4 rings (SSSR count). The SMILES string of the molecule is Clc1ccc(-c2cccc3[nH]c(-c4ccccc4)nc23)cc1. The zero-order chi connectivity index (χ0) is 14.9. The van der Waals surface area contributed by atoms with Crippen molar-refractivity contribution in [3.63, 3.8) is 0 Å². The molecule has 0 amide bonds. The van der Waals surface area contributed by atoms with Gasteiger partial charge in [-0.05, 0) is 23.8 Å². The molecule has 4 aromatic rings. The Bertz CT molecular complexity index is 925. The molecule has 0 saturated carbocycles. The molecule has 22 heavy (non-hydrogen) atoms. The Morgan fingerprint density at radius 3 is 2.27 bits per heavy atom. The zero-order valence-corrected chi connectivity index (χ0v) is 12.5. The van der Waals surface area contributed by atoms with E-state index in [2.05, 4.69) is 23.2 Å². The number of fused-ring (bicyclic) bond motifs is 1. The second-order valence-electron chi connectivity index (χ2n) is 5.16. The monoisotopic (exact) mass is 304 g/mol. The number of H-pyrrole nitrogens is 1. The van der Waals surface area contributed by atoms with Gasteiger partial charge in [-0.25, -0.2) is 4.98 Å². The van der Waals surface area contributed by atoms with Crippen LogP contribution in [-0.2, 0) is 0 Å². The number of aromatic amines is 1. The highest BCUT2D eigenvalue weighted by molar-refractivity contribution is 6.30. The predicted octanol–water partition coefficient (Wildman–Crippen LogP) is 5.55. The minimum atomic E-state index is 0.739. The summed E-state index contributed by atoms with van der Waals surface area (Å²) in [7, 11) is 0. The Morgan fingerprint density at radius 2 is 1.50 bits per heavy atom. The molecule has 1 N–H and O–H groups in total. The highest BCUT2D eigenvalue weighted by Gasteiger charge is 2.10. The first kappa shape index (κ1) is 13.1. The summed E-state index contributed by atoms with van der Waals surface area (Å²) in [4.78, 5) is 8.19. The van der Waals surface area contributed by atoms with E-state index in [1.807, 2.05) is 54.6 Å². The van der Waals surface area contributed by atoms with E-state index in [9.17, 15) is 0 Å². The van der Waals surface area contributed by atoms with E-state index in [1.54, 1.807) is 0 Å². The normalized spacial score (nSPS) is 11.0. The van der Waals surface area contributed by atoms with Crippen LogP contribution >= 0.6 is 11.6 Å². The van der Waals surface area contributed by atoms with Crippen LogP contribution in [0.3, 0.4) is 0 Å². The first-order valence-electron chi connectivity index (χ1n) is 7.11. The molecule has 106 valence electrons. The van der Waals surface area contributed by atoms with Gasteiger partial charge >= 0.3 is 0 Å². The van der Waals surface area contributed by atoms with Crippen LogP contribution in [-0.4, -0.2) is 9.97 Å². The molecule has 0 aliphatic rings. The Kier molecular flexibility index (Phi) is 3.17. The molecule has 1 aromatic heterocycles. The van der Waals surface area contributed by atoms with E-state index in [4.69, 9.17) is 16.6 Å². The van der Waals surface area contributed by atoms with Gasteiger partial charge in [0, 0.05) is 16.1 Å². The van der Waals surface area contributed by atoms with Gasteiger partial charge < -0.3 is 4.98 Å². The Hall–Kier alpha value is -2.58. The number of nitrogens with one attached hydrogen (secondary N) is 1. The van der Waals surface area contributed by atoms with E-state index in [0.29, 0.717) is 0 Å². The summed E-state index contributed by atoms with van der Waals surface area (Å²) in [5, 5.41) is 0.739. The maximum atomic E-state index is 5.98. The molecule has 1 heterocycles. The fraction of sp³-hybridized carbons (Fsp3) is 0. The number of aromatic nitrogens is 2. The van der Waals surface area contributed by atoms with Gasteiger partial charge in [0.25, 0.3) is 0 Å². The van der Waals surface area contributed by atoms with Crippen molar-refractivity contribution in [2.75, 3.05) is 0 Å². The Labute approximate surface area is 133 Å². The molecule has 3 aromatic carbocycles. The van der Waals surface area contributed by atoms with Gasteiger partial charge in [-0.3, -0.25) is 0 Å². The van der Waals surface area contributed by atoms with Gasteiger partial charge in [-0.1, -0.05) is 66.2 Å². The molecule has 0 bridgehead atoms. The Balaban J connectivity index is 1.90. The number of benzene rings is 3. The third-order valence-electron chi connectivity index (χ3n) is 3.72. The summed E-state index contributed by atoms with van der Waals surface area (Å²) in [6, 6.07) is 24.2. The van der Waals surface area contributed by atoms with E-state index >= 15 is 0 Å². The lowest BCUT2D eigenvalue weighted by molar-refractivity contribution is 1.34. The summed E-state index contributed by atoms with van der Waals surface area (Å²) in [5.74, 6) is 0.886. The molecule has 0 atom stereocenters. The molecule has 0 saturated heterocycles. The number of hydrogen-bond donors (Lipinski definition) is 1. The van der Waals surface area contributed by atoms with Crippen molar-refractivity contribution in [2.24, 2.45) is 0 Å². The zero-order valence-electron chi connectivity index (χ0n) is 11.8. The number of nitrogens with zero attached hydrogens (tertiary/aromatic N) is 1. The Morgan fingerprint density at radius 1 is 0.727 bits per heavy atom. The topological polar surface area (TPSA) is 28.7 Å². The fourth-order valence-electron chi connectivity index (χ4n) is 2.63. The number of halogens is 1. The number of imidazole rings is 1. The predicted molar refractivity (Wildman–Crippen MR) is 92.0 cm³/mol. The van der Waals surface area contributed by atoms with Gasteiger partial charge in [0.2, 0.25) is 0 Å². The quantitative estimate of drug-likeness (QED) is 0.516. The summed E-state index contributed by atoms with van der Waals surface area (Å²) < 4.78 is 0. The molecule has 0 radical (unpaired) electrons. The highest BCUT2D eigenvalue weighted by atomic mass is 35.5. The molecule has 2 nitrogen and oxygen atoms in total. The van der Waals surface area contributed by atoms with Crippen LogP contribution in [0, 0.1) is 0 Å². The van der Waals surface area contributed by atoms with Crippen LogP contribution in [0.15, 0.2) is 72.8 Å². The molecular weight excluding hydrogens is 292 g/mol. The molecule has 0 fully saturated rings. The van der Waals surface area contributed by atoms with Crippen molar-refractivity contribution in [2.45, 2.75) is 0 Å². The van der Waals surface area contributed by atoms with Crippen LogP contribution in [0.5, 0.6) is 0 Å². The molecule has 0 aliphatic heterocycles.